The first kappa shape index (κ1) is 14.9. The quantitative estimate of drug-likeness (QED) is 0.830. The molecule has 1 saturated heterocycles. The van der Waals surface area contributed by atoms with Gasteiger partial charge < -0.3 is 4.74 Å². The Morgan fingerprint density at radius 1 is 1.05 bits per heavy atom. The zero-order valence-electron chi connectivity index (χ0n) is 11.9. The molecule has 0 saturated carbocycles. The number of likely N-dealkylation sites (N-methyl/N-ethyl adjacent to an activating group) is 1. The lowest BCUT2D eigenvalue weighted by Gasteiger charge is -2.48. The molecule has 0 radical (unpaired) electrons. The summed E-state index contributed by atoms with van der Waals surface area (Å²) in [7, 11) is 2.10. The molecule has 0 bridgehead atoms. The molecule has 0 atom stereocenters. The second kappa shape index (κ2) is 5.98. The molecule has 110 valence electrons. The van der Waals surface area contributed by atoms with Gasteiger partial charge in [-0.05, 0) is 30.3 Å². The van der Waals surface area contributed by atoms with Crippen LogP contribution in [0.2, 0.25) is 10.0 Å². The molecular formula is C17H17Cl2NO. The van der Waals surface area contributed by atoms with Crippen LogP contribution < -0.4 is 0 Å². The van der Waals surface area contributed by atoms with E-state index in [1.807, 2.05) is 24.3 Å². The molecule has 0 aliphatic carbocycles. The van der Waals surface area contributed by atoms with Gasteiger partial charge in [0, 0.05) is 13.1 Å². The minimum atomic E-state index is -0.220. The summed E-state index contributed by atoms with van der Waals surface area (Å²) < 4.78 is 6.26. The average Bonchev–Trinajstić information content (AvgIpc) is 2.47. The molecule has 2 aromatic rings. The smallest absolute Gasteiger partial charge is 0.119 e. The minimum Gasteiger partial charge on any atom is -0.363 e. The molecule has 4 heteroatoms. The lowest BCUT2D eigenvalue weighted by Crippen LogP contribution is -2.58. The Labute approximate surface area is 135 Å². The lowest BCUT2D eigenvalue weighted by molar-refractivity contribution is -0.151. The summed E-state index contributed by atoms with van der Waals surface area (Å²) >= 11 is 12.0. The summed E-state index contributed by atoms with van der Waals surface area (Å²) in [4.78, 5) is 2.25. The predicted octanol–water partition coefficient (Wildman–Crippen LogP) is 4.35. The monoisotopic (exact) mass is 321 g/mol. The molecule has 1 fully saturated rings. The van der Waals surface area contributed by atoms with Crippen molar-refractivity contribution in [1.82, 2.24) is 4.90 Å². The minimum absolute atomic E-state index is 0.220. The molecule has 1 aliphatic rings. The Hall–Kier alpha value is -1.06. The Bertz CT molecular complexity index is 624. The molecule has 1 heterocycles. The van der Waals surface area contributed by atoms with Gasteiger partial charge >= 0.3 is 0 Å². The van der Waals surface area contributed by atoms with E-state index in [2.05, 4.69) is 36.2 Å². The lowest BCUT2D eigenvalue weighted by atomic mass is 9.86. The van der Waals surface area contributed by atoms with Crippen LogP contribution in [0.5, 0.6) is 0 Å². The molecule has 0 aromatic heterocycles. The van der Waals surface area contributed by atoms with Gasteiger partial charge in [-0.2, -0.15) is 0 Å². The largest absolute Gasteiger partial charge is 0.363 e. The van der Waals surface area contributed by atoms with Crippen molar-refractivity contribution in [2.24, 2.45) is 0 Å². The highest BCUT2D eigenvalue weighted by Gasteiger charge is 2.43. The number of benzene rings is 2. The zero-order valence-corrected chi connectivity index (χ0v) is 13.4. The van der Waals surface area contributed by atoms with Gasteiger partial charge in [-0.15, -0.1) is 0 Å². The van der Waals surface area contributed by atoms with E-state index in [1.165, 1.54) is 5.56 Å². The molecule has 1 aliphatic heterocycles. The van der Waals surface area contributed by atoms with E-state index in [0.29, 0.717) is 16.7 Å². The SMILES string of the molecule is CN1CC(OCc2ccc(Cl)c(Cl)c2)(c2ccccc2)C1. The number of hydrogen-bond acceptors (Lipinski definition) is 2. The summed E-state index contributed by atoms with van der Waals surface area (Å²) in [5, 5.41) is 1.14. The molecular weight excluding hydrogens is 305 g/mol. The van der Waals surface area contributed by atoms with Crippen LogP contribution in [0.25, 0.3) is 0 Å². The van der Waals surface area contributed by atoms with E-state index in [-0.39, 0.29) is 5.60 Å². The van der Waals surface area contributed by atoms with Gasteiger partial charge in [0.2, 0.25) is 0 Å². The van der Waals surface area contributed by atoms with E-state index in [0.717, 1.165) is 18.7 Å². The third kappa shape index (κ3) is 3.09. The molecule has 2 aromatic carbocycles. The summed E-state index contributed by atoms with van der Waals surface area (Å²) in [5.74, 6) is 0. The molecule has 0 N–H and O–H groups in total. The highest BCUT2D eigenvalue weighted by molar-refractivity contribution is 6.42. The summed E-state index contributed by atoms with van der Waals surface area (Å²) in [6.07, 6.45) is 0. The van der Waals surface area contributed by atoms with Gasteiger partial charge in [-0.1, -0.05) is 59.6 Å². The van der Waals surface area contributed by atoms with Crippen molar-refractivity contribution in [2.75, 3.05) is 20.1 Å². The fourth-order valence-corrected chi connectivity index (χ4v) is 3.10. The number of likely N-dealkylation sites (tertiary alicyclic amines) is 1. The van der Waals surface area contributed by atoms with Gasteiger partial charge in [-0.25, -0.2) is 0 Å². The molecule has 21 heavy (non-hydrogen) atoms. The predicted molar refractivity (Wildman–Crippen MR) is 86.9 cm³/mol. The van der Waals surface area contributed by atoms with Crippen LogP contribution in [-0.2, 0) is 16.9 Å². The standard InChI is InChI=1S/C17H17Cl2NO/c1-20-11-17(12-20,14-5-3-2-4-6-14)21-10-13-7-8-15(18)16(19)9-13/h2-9H,10-12H2,1H3. The topological polar surface area (TPSA) is 12.5 Å². The van der Waals surface area contributed by atoms with Crippen LogP contribution >= 0.6 is 23.2 Å². The maximum atomic E-state index is 6.26. The highest BCUT2D eigenvalue weighted by Crippen LogP contribution is 2.36. The number of ether oxygens (including phenoxy) is 1. The Kier molecular flexibility index (Phi) is 4.23. The third-order valence-electron chi connectivity index (χ3n) is 3.85. The van der Waals surface area contributed by atoms with Crippen molar-refractivity contribution in [3.05, 3.63) is 69.7 Å². The maximum absolute atomic E-state index is 6.26. The van der Waals surface area contributed by atoms with Crippen LogP contribution in [0, 0.1) is 0 Å². The second-order valence-corrected chi connectivity index (χ2v) is 6.38. The summed E-state index contributed by atoms with van der Waals surface area (Å²) in [6.45, 7) is 2.33. The van der Waals surface area contributed by atoms with Crippen molar-refractivity contribution in [2.45, 2.75) is 12.2 Å². The first-order chi connectivity index (χ1) is 10.1. The maximum Gasteiger partial charge on any atom is 0.119 e. The number of nitrogens with zero attached hydrogens (tertiary/aromatic N) is 1. The van der Waals surface area contributed by atoms with E-state index >= 15 is 0 Å². The molecule has 0 unspecified atom stereocenters. The van der Waals surface area contributed by atoms with Crippen LogP contribution in [0.1, 0.15) is 11.1 Å². The van der Waals surface area contributed by atoms with Crippen LogP contribution in [0.4, 0.5) is 0 Å². The summed E-state index contributed by atoms with van der Waals surface area (Å²) in [6, 6.07) is 16.0. The van der Waals surface area contributed by atoms with Crippen molar-refractivity contribution in [3.63, 3.8) is 0 Å². The Balaban J connectivity index is 1.76. The summed E-state index contributed by atoms with van der Waals surface area (Å²) in [5.41, 5.74) is 2.04. The molecule has 3 rings (SSSR count). The fraction of sp³-hybridized carbons (Fsp3) is 0.294. The zero-order chi connectivity index (χ0) is 14.9. The molecule has 0 spiro atoms. The van der Waals surface area contributed by atoms with Gasteiger partial charge in [0.1, 0.15) is 5.60 Å². The van der Waals surface area contributed by atoms with Crippen molar-refractivity contribution < 1.29 is 4.74 Å². The van der Waals surface area contributed by atoms with Gasteiger partial charge in [0.05, 0.1) is 16.7 Å². The number of hydrogen-bond donors (Lipinski definition) is 0. The van der Waals surface area contributed by atoms with Crippen molar-refractivity contribution in [1.29, 1.82) is 0 Å². The van der Waals surface area contributed by atoms with Crippen LogP contribution in [0.3, 0.4) is 0 Å². The number of halogens is 2. The van der Waals surface area contributed by atoms with E-state index in [4.69, 9.17) is 27.9 Å². The van der Waals surface area contributed by atoms with Crippen LogP contribution in [0.15, 0.2) is 48.5 Å². The Morgan fingerprint density at radius 2 is 1.76 bits per heavy atom. The van der Waals surface area contributed by atoms with Crippen molar-refractivity contribution in [3.8, 4) is 0 Å². The average molecular weight is 322 g/mol. The van der Waals surface area contributed by atoms with Gasteiger partial charge in [-0.3, -0.25) is 4.90 Å². The van der Waals surface area contributed by atoms with Crippen molar-refractivity contribution >= 4 is 23.2 Å². The van der Waals surface area contributed by atoms with Gasteiger partial charge in [0.15, 0.2) is 0 Å². The van der Waals surface area contributed by atoms with E-state index in [9.17, 15) is 0 Å². The molecule has 2 nitrogen and oxygen atoms in total. The first-order valence-corrected chi connectivity index (χ1v) is 7.67. The van der Waals surface area contributed by atoms with E-state index < -0.39 is 0 Å². The second-order valence-electron chi connectivity index (χ2n) is 5.57. The van der Waals surface area contributed by atoms with Gasteiger partial charge in [0.25, 0.3) is 0 Å². The third-order valence-corrected chi connectivity index (χ3v) is 4.59. The first-order valence-electron chi connectivity index (χ1n) is 6.91. The highest BCUT2D eigenvalue weighted by atomic mass is 35.5. The normalized spacial score (nSPS) is 17.5. The molecule has 0 amide bonds. The number of rotatable bonds is 4. The fourth-order valence-electron chi connectivity index (χ4n) is 2.78. The van der Waals surface area contributed by atoms with E-state index in [1.54, 1.807) is 0 Å². The Morgan fingerprint density at radius 3 is 2.38 bits per heavy atom. The van der Waals surface area contributed by atoms with Crippen LogP contribution in [-0.4, -0.2) is 25.0 Å².